The molecule has 22 heavy (non-hydrogen) atoms. The number of rotatable bonds is 5. The van der Waals surface area contributed by atoms with Crippen LogP contribution in [0.2, 0.25) is 0 Å². The Balaban J connectivity index is 1.73. The van der Waals surface area contributed by atoms with Gasteiger partial charge in [-0.3, -0.25) is 4.90 Å². The van der Waals surface area contributed by atoms with E-state index in [1.54, 1.807) is 4.90 Å². The van der Waals surface area contributed by atoms with Crippen LogP contribution in [-0.2, 0) is 0 Å². The van der Waals surface area contributed by atoms with Gasteiger partial charge in [-0.2, -0.15) is 0 Å². The molecular weight excluding hydrogens is 282 g/mol. The summed E-state index contributed by atoms with van der Waals surface area (Å²) in [6, 6.07) is 5.78. The lowest BCUT2D eigenvalue weighted by atomic mass is 10.1. The normalized spacial score (nSPS) is 15.7. The van der Waals surface area contributed by atoms with Crippen molar-refractivity contribution in [2.45, 2.75) is 13.8 Å². The summed E-state index contributed by atoms with van der Waals surface area (Å²) in [7, 11) is 0. The van der Waals surface area contributed by atoms with E-state index in [0.717, 1.165) is 24.4 Å². The summed E-state index contributed by atoms with van der Waals surface area (Å²) in [4.78, 5) is 16.0. The molecule has 0 unspecified atom stereocenters. The number of hydrogen-bond acceptors (Lipinski definition) is 4. The molecule has 0 atom stereocenters. The van der Waals surface area contributed by atoms with E-state index in [1.807, 2.05) is 32.0 Å². The summed E-state index contributed by atoms with van der Waals surface area (Å²) >= 11 is 0. The van der Waals surface area contributed by atoms with E-state index in [9.17, 15) is 4.79 Å². The zero-order chi connectivity index (χ0) is 15.9. The van der Waals surface area contributed by atoms with Crippen LogP contribution >= 0.6 is 0 Å². The molecule has 1 aliphatic heterocycles. The SMILES string of the molecule is Cc1cccc(OCNC(=O)N2CCN(CCO)CC2)c1C. The lowest BCUT2D eigenvalue weighted by Gasteiger charge is -2.34. The minimum Gasteiger partial charge on any atom is -0.473 e. The van der Waals surface area contributed by atoms with E-state index in [4.69, 9.17) is 9.84 Å². The zero-order valence-corrected chi connectivity index (χ0v) is 13.3. The van der Waals surface area contributed by atoms with E-state index in [1.165, 1.54) is 5.56 Å². The van der Waals surface area contributed by atoms with Gasteiger partial charge in [0.15, 0.2) is 6.73 Å². The molecule has 1 aromatic carbocycles. The number of carbonyl (C=O) groups is 1. The molecule has 0 spiro atoms. The van der Waals surface area contributed by atoms with Gasteiger partial charge in [0.25, 0.3) is 0 Å². The van der Waals surface area contributed by atoms with Crippen molar-refractivity contribution < 1.29 is 14.6 Å². The minimum atomic E-state index is -0.103. The highest BCUT2D eigenvalue weighted by Crippen LogP contribution is 2.20. The first kappa shape index (κ1) is 16.6. The summed E-state index contributed by atoms with van der Waals surface area (Å²) in [5.41, 5.74) is 2.26. The van der Waals surface area contributed by atoms with Crippen molar-refractivity contribution in [2.24, 2.45) is 0 Å². The van der Waals surface area contributed by atoms with Gasteiger partial charge in [-0.05, 0) is 31.0 Å². The Morgan fingerprint density at radius 3 is 2.68 bits per heavy atom. The molecule has 2 amide bonds. The number of piperazine rings is 1. The molecule has 1 saturated heterocycles. The van der Waals surface area contributed by atoms with Crippen LogP contribution in [0, 0.1) is 13.8 Å². The van der Waals surface area contributed by atoms with Crippen molar-refractivity contribution in [2.75, 3.05) is 46.1 Å². The van der Waals surface area contributed by atoms with Crippen molar-refractivity contribution in [1.29, 1.82) is 0 Å². The summed E-state index contributed by atoms with van der Waals surface area (Å²) in [6.07, 6.45) is 0. The molecule has 1 heterocycles. The average Bonchev–Trinajstić information content (AvgIpc) is 2.52. The molecule has 0 radical (unpaired) electrons. The monoisotopic (exact) mass is 307 g/mol. The number of aliphatic hydroxyl groups excluding tert-OH is 1. The lowest BCUT2D eigenvalue weighted by Crippen LogP contribution is -2.52. The van der Waals surface area contributed by atoms with Crippen LogP contribution in [-0.4, -0.2) is 67.0 Å². The molecule has 0 aromatic heterocycles. The van der Waals surface area contributed by atoms with Gasteiger partial charge in [0.1, 0.15) is 5.75 Å². The van der Waals surface area contributed by atoms with Crippen LogP contribution < -0.4 is 10.1 Å². The highest BCUT2D eigenvalue weighted by Gasteiger charge is 2.20. The summed E-state index contributed by atoms with van der Waals surface area (Å²) in [6.45, 7) is 7.99. The fraction of sp³-hybridized carbons (Fsp3) is 0.562. The second-order valence-corrected chi connectivity index (χ2v) is 5.52. The Morgan fingerprint density at radius 1 is 1.27 bits per heavy atom. The number of benzene rings is 1. The van der Waals surface area contributed by atoms with Gasteiger partial charge < -0.3 is 20.1 Å². The van der Waals surface area contributed by atoms with E-state index in [0.29, 0.717) is 19.6 Å². The van der Waals surface area contributed by atoms with Crippen LogP contribution in [0.15, 0.2) is 18.2 Å². The number of aryl methyl sites for hydroxylation is 1. The number of carbonyl (C=O) groups excluding carboxylic acids is 1. The van der Waals surface area contributed by atoms with Crippen LogP contribution in [0.25, 0.3) is 0 Å². The molecule has 0 saturated carbocycles. The topological polar surface area (TPSA) is 65.0 Å². The molecule has 0 bridgehead atoms. The number of amides is 2. The largest absolute Gasteiger partial charge is 0.473 e. The number of nitrogens with one attached hydrogen (secondary N) is 1. The lowest BCUT2D eigenvalue weighted by molar-refractivity contribution is 0.118. The molecular formula is C16H25N3O3. The van der Waals surface area contributed by atoms with Crippen molar-refractivity contribution in [1.82, 2.24) is 15.1 Å². The number of β-amino-alcohol motifs (C(OH)–C–C–N with tert-alkyl or cyclic N) is 1. The second-order valence-electron chi connectivity index (χ2n) is 5.52. The van der Waals surface area contributed by atoms with E-state index < -0.39 is 0 Å². The van der Waals surface area contributed by atoms with Gasteiger partial charge in [-0.15, -0.1) is 0 Å². The number of nitrogens with zero attached hydrogens (tertiary/aromatic N) is 2. The van der Waals surface area contributed by atoms with Gasteiger partial charge in [-0.1, -0.05) is 12.1 Å². The summed E-state index contributed by atoms with van der Waals surface area (Å²) in [5, 5.41) is 11.7. The maximum absolute atomic E-state index is 12.1. The van der Waals surface area contributed by atoms with Crippen LogP contribution in [0.1, 0.15) is 11.1 Å². The Labute approximate surface area is 131 Å². The Kier molecular flexibility index (Phi) is 6.03. The smallest absolute Gasteiger partial charge is 0.320 e. The first-order valence-electron chi connectivity index (χ1n) is 7.67. The third kappa shape index (κ3) is 4.35. The highest BCUT2D eigenvalue weighted by molar-refractivity contribution is 5.74. The third-order valence-corrected chi connectivity index (χ3v) is 4.08. The Hall–Kier alpha value is -1.79. The van der Waals surface area contributed by atoms with E-state index in [2.05, 4.69) is 10.2 Å². The van der Waals surface area contributed by atoms with Crippen molar-refractivity contribution >= 4 is 6.03 Å². The highest BCUT2D eigenvalue weighted by atomic mass is 16.5. The van der Waals surface area contributed by atoms with Gasteiger partial charge >= 0.3 is 6.03 Å². The van der Waals surface area contributed by atoms with Crippen molar-refractivity contribution in [3.05, 3.63) is 29.3 Å². The molecule has 1 fully saturated rings. The number of aliphatic hydroxyl groups is 1. The third-order valence-electron chi connectivity index (χ3n) is 4.08. The Bertz CT molecular complexity index is 499. The standard InChI is InChI=1S/C16H25N3O3/c1-13-4-3-5-15(14(13)2)22-12-17-16(21)19-8-6-18(7-9-19)10-11-20/h3-5,20H,6-12H2,1-2H3,(H,17,21). The van der Waals surface area contributed by atoms with Crippen LogP contribution in [0.4, 0.5) is 4.79 Å². The molecule has 122 valence electrons. The van der Waals surface area contributed by atoms with Crippen LogP contribution in [0.3, 0.4) is 0 Å². The van der Waals surface area contributed by atoms with Crippen molar-refractivity contribution in [3.8, 4) is 5.75 Å². The predicted octanol–water partition coefficient (Wildman–Crippen LogP) is 0.959. The van der Waals surface area contributed by atoms with Crippen molar-refractivity contribution in [3.63, 3.8) is 0 Å². The molecule has 0 aliphatic carbocycles. The Morgan fingerprint density at radius 2 is 2.00 bits per heavy atom. The molecule has 2 N–H and O–H groups in total. The average molecular weight is 307 g/mol. The maximum atomic E-state index is 12.1. The number of urea groups is 1. The fourth-order valence-corrected chi connectivity index (χ4v) is 2.48. The van der Waals surface area contributed by atoms with Gasteiger partial charge in [0, 0.05) is 32.7 Å². The van der Waals surface area contributed by atoms with E-state index >= 15 is 0 Å². The molecule has 6 nitrogen and oxygen atoms in total. The van der Waals surface area contributed by atoms with E-state index in [-0.39, 0.29) is 19.4 Å². The number of ether oxygens (including phenoxy) is 1. The molecule has 1 aromatic rings. The zero-order valence-electron chi connectivity index (χ0n) is 13.3. The van der Waals surface area contributed by atoms with Gasteiger partial charge in [0.2, 0.25) is 0 Å². The first-order chi connectivity index (χ1) is 10.6. The quantitative estimate of drug-likeness (QED) is 0.795. The predicted molar refractivity (Wildman–Crippen MR) is 85.0 cm³/mol. The van der Waals surface area contributed by atoms with Crippen LogP contribution in [0.5, 0.6) is 5.75 Å². The van der Waals surface area contributed by atoms with Gasteiger partial charge in [-0.25, -0.2) is 4.79 Å². The second kappa shape index (κ2) is 8.00. The molecule has 1 aliphatic rings. The molecule has 6 heteroatoms. The summed E-state index contributed by atoms with van der Waals surface area (Å²) < 4.78 is 5.64. The molecule has 2 rings (SSSR count). The first-order valence-corrected chi connectivity index (χ1v) is 7.67. The minimum absolute atomic E-state index is 0.103. The fourth-order valence-electron chi connectivity index (χ4n) is 2.48. The number of hydrogen-bond donors (Lipinski definition) is 2. The maximum Gasteiger partial charge on any atom is 0.320 e. The van der Waals surface area contributed by atoms with Gasteiger partial charge in [0.05, 0.1) is 6.61 Å². The summed E-state index contributed by atoms with van der Waals surface area (Å²) in [5.74, 6) is 0.799.